The summed E-state index contributed by atoms with van der Waals surface area (Å²) >= 11 is 12.2. The van der Waals surface area contributed by atoms with Crippen LogP contribution in [0.15, 0.2) is 0 Å². The van der Waals surface area contributed by atoms with Gasteiger partial charge in [-0.1, -0.05) is 27.2 Å². The maximum Gasteiger partial charge on any atom is 0.253 e. The SMILES string of the molecule is CCC(C)[Si](Cl)(Cl)CC. The van der Waals surface area contributed by atoms with E-state index in [-0.39, 0.29) is 0 Å². The molecule has 0 saturated carbocycles. The lowest BCUT2D eigenvalue weighted by Gasteiger charge is -2.20. The molecule has 0 nitrogen and oxygen atoms in total. The smallest absolute Gasteiger partial charge is 0.146 e. The normalized spacial score (nSPS) is 15.7. The quantitative estimate of drug-likeness (QED) is 0.464. The van der Waals surface area contributed by atoms with Gasteiger partial charge in [0.15, 0.2) is 0 Å². The molecular formula is C6H14Cl2Si. The molecule has 0 N–H and O–H groups in total. The van der Waals surface area contributed by atoms with E-state index in [4.69, 9.17) is 22.2 Å². The molecule has 9 heavy (non-hydrogen) atoms. The second-order valence-corrected chi connectivity index (χ2v) is 10.3. The number of hydrogen-bond acceptors (Lipinski definition) is 0. The molecule has 56 valence electrons. The van der Waals surface area contributed by atoms with Gasteiger partial charge in [-0.05, 0) is 11.6 Å². The highest BCUT2D eigenvalue weighted by molar-refractivity contribution is 7.45. The lowest BCUT2D eigenvalue weighted by Crippen LogP contribution is -2.22. The summed E-state index contributed by atoms with van der Waals surface area (Å²) in [7, 11) is 0. The van der Waals surface area contributed by atoms with E-state index in [1.165, 1.54) is 0 Å². The molecule has 0 aromatic rings. The van der Waals surface area contributed by atoms with Gasteiger partial charge in [0.05, 0.1) is 0 Å². The zero-order chi connectivity index (χ0) is 7.49. The Morgan fingerprint density at radius 3 is 1.89 bits per heavy atom. The van der Waals surface area contributed by atoms with Crippen LogP contribution in [0.5, 0.6) is 0 Å². The van der Waals surface area contributed by atoms with Crippen molar-refractivity contribution in [3.8, 4) is 0 Å². The van der Waals surface area contributed by atoms with Crippen LogP contribution >= 0.6 is 22.2 Å². The fourth-order valence-corrected chi connectivity index (χ4v) is 2.87. The third-order valence-electron chi connectivity index (χ3n) is 1.80. The Hall–Kier alpha value is 0.797. The van der Waals surface area contributed by atoms with E-state index in [0.29, 0.717) is 5.54 Å². The van der Waals surface area contributed by atoms with Gasteiger partial charge in [0.1, 0.15) is 0 Å². The molecule has 0 saturated heterocycles. The summed E-state index contributed by atoms with van der Waals surface area (Å²) < 4.78 is 0. The fraction of sp³-hybridized carbons (Fsp3) is 1.00. The molecule has 0 fully saturated rings. The molecule has 1 unspecified atom stereocenters. The Labute approximate surface area is 68.0 Å². The van der Waals surface area contributed by atoms with Gasteiger partial charge in [0.25, 0.3) is 6.69 Å². The zero-order valence-electron chi connectivity index (χ0n) is 6.25. The Morgan fingerprint density at radius 2 is 1.78 bits per heavy atom. The van der Waals surface area contributed by atoms with Gasteiger partial charge in [-0.3, -0.25) is 0 Å². The molecule has 0 radical (unpaired) electrons. The van der Waals surface area contributed by atoms with Crippen LogP contribution in [0.1, 0.15) is 27.2 Å². The van der Waals surface area contributed by atoms with Crippen molar-refractivity contribution >= 4 is 28.9 Å². The van der Waals surface area contributed by atoms with E-state index in [1.807, 2.05) is 0 Å². The van der Waals surface area contributed by atoms with Crippen LogP contribution in [-0.2, 0) is 0 Å². The summed E-state index contributed by atoms with van der Waals surface area (Å²) in [5.41, 5.74) is 0.533. The van der Waals surface area contributed by atoms with E-state index in [9.17, 15) is 0 Å². The number of rotatable bonds is 3. The minimum Gasteiger partial charge on any atom is -0.146 e. The topological polar surface area (TPSA) is 0 Å². The highest BCUT2D eigenvalue weighted by Gasteiger charge is 2.31. The van der Waals surface area contributed by atoms with E-state index in [0.717, 1.165) is 12.5 Å². The predicted octanol–water partition coefficient (Wildman–Crippen LogP) is 3.73. The predicted molar refractivity (Wildman–Crippen MR) is 47.7 cm³/mol. The van der Waals surface area contributed by atoms with Crippen molar-refractivity contribution in [2.75, 3.05) is 0 Å². The van der Waals surface area contributed by atoms with Crippen LogP contribution in [0.4, 0.5) is 0 Å². The van der Waals surface area contributed by atoms with Crippen molar-refractivity contribution < 1.29 is 0 Å². The number of hydrogen-bond donors (Lipinski definition) is 0. The Balaban J connectivity index is 3.80. The molecule has 0 spiro atoms. The first-order valence-corrected chi connectivity index (χ1v) is 7.73. The lowest BCUT2D eigenvalue weighted by molar-refractivity contribution is 0.856. The Morgan fingerprint density at radius 1 is 1.33 bits per heavy atom. The molecule has 0 rings (SSSR count). The van der Waals surface area contributed by atoms with Crippen LogP contribution in [0.2, 0.25) is 11.6 Å². The van der Waals surface area contributed by atoms with Crippen molar-refractivity contribution in [1.29, 1.82) is 0 Å². The molecular weight excluding hydrogens is 171 g/mol. The lowest BCUT2D eigenvalue weighted by atomic mass is 10.4. The van der Waals surface area contributed by atoms with Crippen molar-refractivity contribution in [3.63, 3.8) is 0 Å². The first-order valence-electron chi connectivity index (χ1n) is 3.42. The number of halogens is 2. The van der Waals surface area contributed by atoms with Crippen molar-refractivity contribution in [3.05, 3.63) is 0 Å². The third kappa shape index (κ3) is 2.92. The maximum atomic E-state index is 6.08. The van der Waals surface area contributed by atoms with Gasteiger partial charge in [-0.2, -0.15) is 0 Å². The van der Waals surface area contributed by atoms with Crippen LogP contribution in [-0.4, -0.2) is 6.69 Å². The molecule has 3 heteroatoms. The molecule has 0 aliphatic carbocycles. The monoisotopic (exact) mass is 184 g/mol. The molecule has 0 aliphatic rings. The largest absolute Gasteiger partial charge is 0.253 e. The average molecular weight is 185 g/mol. The van der Waals surface area contributed by atoms with Crippen LogP contribution in [0.25, 0.3) is 0 Å². The fourth-order valence-electron chi connectivity index (χ4n) is 0.647. The summed E-state index contributed by atoms with van der Waals surface area (Å²) in [6.45, 7) is 4.50. The molecule has 0 aliphatic heterocycles. The van der Waals surface area contributed by atoms with Crippen LogP contribution < -0.4 is 0 Å². The average Bonchev–Trinajstić information content (AvgIpc) is 1.86. The summed E-state index contributed by atoms with van der Waals surface area (Å²) in [6.07, 6.45) is 1.10. The first-order chi connectivity index (χ1) is 4.04. The highest BCUT2D eigenvalue weighted by Crippen LogP contribution is 2.35. The Bertz CT molecular complexity index is 83.1. The highest BCUT2D eigenvalue weighted by atomic mass is 35.7. The van der Waals surface area contributed by atoms with Crippen LogP contribution in [0, 0.1) is 0 Å². The van der Waals surface area contributed by atoms with E-state index < -0.39 is 6.69 Å². The summed E-state index contributed by atoms with van der Waals surface area (Å²) in [5.74, 6) is 0. The van der Waals surface area contributed by atoms with Gasteiger partial charge < -0.3 is 0 Å². The molecule has 0 heterocycles. The third-order valence-corrected chi connectivity index (χ3v) is 8.44. The molecule has 0 amide bonds. The molecule has 0 bridgehead atoms. The first kappa shape index (κ1) is 9.80. The maximum absolute atomic E-state index is 6.08. The van der Waals surface area contributed by atoms with Gasteiger partial charge in [-0.15, -0.1) is 22.2 Å². The molecule has 0 aromatic heterocycles. The van der Waals surface area contributed by atoms with Gasteiger partial charge in [0.2, 0.25) is 0 Å². The summed E-state index contributed by atoms with van der Waals surface area (Å²) in [4.78, 5) is 0. The van der Waals surface area contributed by atoms with E-state index in [2.05, 4.69) is 20.8 Å². The van der Waals surface area contributed by atoms with Gasteiger partial charge >= 0.3 is 0 Å². The standard InChI is InChI=1S/C6H14Cl2Si/c1-4-6(3)9(7,8)5-2/h6H,4-5H2,1-3H3. The minimum absolute atomic E-state index is 0.533. The summed E-state index contributed by atoms with van der Waals surface area (Å²) in [6, 6.07) is 0.963. The summed E-state index contributed by atoms with van der Waals surface area (Å²) in [5, 5.41) is 0. The van der Waals surface area contributed by atoms with Crippen molar-refractivity contribution in [2.45, 2.75) is 38.8 Å². The van der Waals surface area contributed by atoms with Crippen molar-refractivity contribution in [2.24, 2.45) is 0 Å². The van der Waals surface area contributed by atoms with Crippen molar-refractivity contribution in [1.82, 2.24) is 0 Å². The van der Waals surface area contributed by atoms with Gasteiger partial charge in [-0.25, -0.2) is 0 Å². The molecule has 1 atom stereocenters. The van der Waals surface area contributed by atoms with E-state index in [1.54, 1.807) is 0 Å². The van der Waals surface area contributed by atoms with Gasteiger partial charge in [0, 0.05) is 0 Å². The van der Waals surface area contributed by atoms with E-state index >= 15 is 0 Å². The zero-order valence-corrected chi connectivity index (χ0v) is 8.76. The minimum atomic E-state index is -1.84. The second kappa shape index (κ2) is 3.84. The second-order valence-electron chi connectivity index (χ2n) is 2.42. The molecule has 0 aromatic carbocycles. The Kier molecular flexibility index (Phi) is 4.18. The van der Waals surface area contributed by atoms with Crippen LogP contribution in [0.3, 0.4) is 0 Å².